The molecule has 1 fully saturated rings. The maximum atomic E-state index is 13.8. The average molecular weight is 516 g/mol. The van der Waals surface area contributed by atoms with Gasteiger partial charge in [-0.25, -0.2) is 8.42 Å². The van der Waals surface area contributed by atoms with E-state index < -0.39 is 43.3 Å². The van der Waals surface area contributed by atoms with Crippen molar-refractivity contribution in [1.82, 2.24) is 8.83 Å². The number of hydrazine groups is 1. The summed E-state index contributed by atoms with van der Waals surface area (Å²) in [7, 11) is -9.13. The molecule has 182 valence electrons. The minimum absolute atomic E-state index is 0.200. The fourth-order valence-electron chi connectivity index (χ4n) is 3.76. The van der Waals surface area contributed by atoms with Crippen molar-refractivity contribution in [2.75, 3.05) is 0 Å². The third-order valence-electron chi connectivity index (χ3n) is 5.63. The largest absolute Gasteiger partial charge is 0.281 e. The van der Waals surface area contributed by atoms with E-state index in [9.17, 15) is 31.7 Å². The minimum Gasteiger partial charge on any atom is -0.272 e. The van der Waals surface area contributed by atoms with Crippen LogP contribution in [-0.2, 0) is 24.8 Å². The van der Waals surface area contributed by atoms with E-state index in [1.807, 2.05) is 0 Å². The second-order valence-electron chi connectivity index (χ2n) is 8.11. The number of nitro groups is 1. The van der Waals surface area contributed by atoms with Crippen LogP contribution in [0.25, 0.3) is 0 Å². The van der Waals surface area contributed by atoms with E-state index >= 15 is 0 Å². The topological polar surface area (TPSA) is 135 Å². The number of carbonyl (C=O) groups excluding carboxylic acids is 1. The summed E-state index contributed by atoms with van der Waals surface area (Å²) in [6.07, 6.45) is -0.464. The predicted molar refractivity (Wildman–Crippen MR) is 126 cm³/mol. The molecule has 1 saturated heterocycles. The first kappa shape index (κ1) is 24.5. The molecule has 1 heterocycles. The van der Waals surface area contributed by atoms with Gasteiger partial charge in [0.15, 0.2) is 0 Å². The molecule has 0 spiro atoms. The second kappa shape index (κ2) is 8.87. The van der Waals surface area contributed by atoms with Gasteiger partial charge in [-0.3, -0.25) is 14.9 Å². The summed E-state index contributed by atoms with van der Waals surface area (Å²) in [5.41, 5.74) is 1.58. The van der Waals surface area contributed by atoms with Gasteiger partial charge in [-0.2, -0.15) is 8.42 Å². The van der Waals surface area contributed by atoms with Crippen molar-refractivity contribution in [2.24, 2.45) is 0 Å². The van der Waals surface area contributed by atoms with Crippen LogP contribution in [0.4, 0.5) is 5.69 Å². The third-order valence-corrected chi connectivity index (χ3v) is 9.21. The Bertz CT molecular complexity index is 1500. The zero-order valence-electron chi connectivity index (χ0n) is 18.7. The number of nitro benzene ring substituents is 1. The Hall–Kier alpha value is -3.61. The lowest BCUT2D eigenvalue weighted by molar-refractivity contribution is -0.384. The van der Waals surface area contributed by atoms with Crippen LogP contribution in [0.3, 0.4) is 0 Å². The van der Waals surface area contributed by atoms with E-state index in [0.717, 1.165) is 11.1 Å². The fraction of sp³-hybridized carbons (Fsp3) is 0.174. The fourth-order valence-corrected chi connectivity index (χ4v) is 7.14. The van der Waals surface area contributed by atoms with E-state index in [1.54, 1.807) is 38.1 Å². The van der Waals surface area contributed by atoms with Crippen LogP contribution in [0.15, 0.2) is 82.6 Å². The van der Waals surface area contributed by atoms with E-state index in [-0.39, 0.29) is 21.0 Å². The molecular formula is C23H21N3O7S2. The Balaban J connectivity index is 1.89. The van der Waals surface area contributed by atoms with Crippen LogP contribution >= 0.6 is 0 Å². The van der Waals surface area contributed by atoms with Crippen LogP contribution in [0.5, 0.6) is 0 Å². The zero-order valence-corrected chi connectivity index (χ0v) is 20.4. The van der Waals surface area contributed by atoms with E-state index in [0.29, 0.717) is 8.83 Å². The summed E-state index contributed by atoms with van der Waals surface area (Å²) in [5, 5.41) is 11.0. The lowest BCUT2D eigenvalue weighted by Crippen LogP contribution is -2.47. The van der Waals surface area contributed by atoms with Crippen molar-refractivity contribution in [3.8, 4) is 0 Å². The van der Waals surface area contributed by atoms with Crippen molar-refractivity contribution in [3.63, 3.8) is 0 Å². The Labute approximate surface area is 202 Å². The molecule has 1 atom stereocenters. The smallest absolute Gasteiger partial charge is 0.272 e. The van der Waals surface area contributed by atoms with Gasteiger partial charge in [0, 0.05) is 12.1 Å². The molecule has 1 unspecified atom stereocenters. The molecule has 0 radical (unpaired) electrons. The summed E-state index contributed by atoms with van der Waals surface area (Å²) < 4.78 is 55.4. The molecule has 4 rings (SSSR count). The first-order valence-electron chi connectivity index (χ1n) is 10.4. The molecule has 1 aliphatic rings. The van der Waals surface area contributed by atoms with E-state index in [2.05, 4.69) is 0 Å². The van der Waals surface area contributed by atoms with Crippen LogP contribution < -0.4 is 0 Å². The van der Waals surface area contributed by atoms with Gasteiger partial charge in [0.2, 0.25) is 0 Å². The number of carbonyl (C=O) groups is 1. The van der Waals surface area contributed by atoms with Crippen LogP contribution in [0.1, 0.15) is 29.2 Å². The highest BCUT2D eigenvalue weighted by Gasteiger charge is 2.52. The van der Waals surface area contributed by atoms with Crippen molar-refractivity contribution in [2.45, 2.75) is 36.1 Å². The first-order chi connectivity index (χ1) is 16.4. The molecule has 0 N–H and O–H groups in total. The molecule has 1 amide bonds. The average Bonchev–Trinajstić information content (AvgIpc) is 3.18. The van der Waals surface area contributed by atoms with Gasteiger partial charge < -0.3 is 0 Å². The number of amides is 1. The number of hydrogen-bond donors (Lipinski definition) is 0. The Kier molecular flexibility index (Phi) is 6.21. The molecule has 0 aromatic heterocycles. The molecular weight excluding hydrogens is 494 g/mol. The highest BCUT2D eigenvalue weighted by Crippen LogP contribution is 2.41. The maximum absolute atomic E-state index is 13.8. The molecule has 12 heteroatoms. The number of aryl methyl sites for hydroxylation is 2. The maximum Gasteiger partial charge on any atom is 0.281 e. The summed E-state index contributed by atoms with van der Waals surface area (Å²) in [5.74, 6) is -0.940. The molecule has 0 saturated carbocycles. The third kappa shape index (κ3) is 4.43. The van der Waals surface area contributed by atoms with Gasteiger partial charge >= 0.3 is 0 Å². The summed E-state index contributed by atoms with van der Waals surface area (Å²) in [6, 6.07) is 15.2. The number of rotatable bonds is 6. The monoisotopic (exact) mass is 515 g/mol. The van der Waals surface area contributed by atoms with Gasteiger partial charge in [-0.05, 0) is 43.7 Å². The standard InChI is InChI=1S/C23H21N3O7S2/c1-16-3-11-20(12-4-16)34(30,31)24-22(18-7-9-19(10-8-18)26(28)29)15-23(27)25(24)35(32,33)21-13-5-17(2)6-14-21/h3-14,22H,15H2,1-2H3. The normalized spacial score (nSPS) is 17.0. The number of sulfonamides is 2. The van der Waals surface area contributed by atoms with Crippen LogP contribution in [0, 0.1) is 24.0 Å². The van der Waals surface area contributed by atoms with Crippen molar-refractivity contribution in [3.05, 3.63) is 99.6 Å². The van der Waals surface area contributed by atoms with Gasteiger partial charge in [-0.15, -0.1) is 4.41 Å². The molecule has 35 heavy (non-hydrogen) atoms. The number of nitrogens with zero attached hydrogens (tertiary/aromatic N) is 3. The highest BCUT2D eigenvalue weighted by atomic mass is 32.2. The van der Waals surface area contributed by atoms with Crippen molar-refractivity contribution in [1.29, 1.82) is 0 Å². The van der Waals surface area contributed by atoms with Crippen molar-refractivity contribution < 1.29 is 26.6 Å². The highest BCUT2D eigenvalue weighted by molar-refractivity contribution is 7.92. The van der Waals surface area contributed by atoms with Gasteiger partial charge in [-0.1, -0.05) is 51.9 Å². The number of non-ortho nitro benzene ring substituents is 1. The first-order valence-corrected chi connectivity index (χ1v) is 13.3. The molecule has 3 aromatic carbocycles. The number of benzene rings is 3. The lowest BCUT2D eigenvalue weighted by atomic mass is 10.1. The molecule has 10 nitrogen and oxygen atoms in total. The molecule has 3 aromatic rings. The zero-order chi connectivity index (χ0) is 25.5. The van der Waals surface area contributed by atoms with E-state index in [1.165, 1.54) is 48.5 Å². The van der Waals surface area contributed by atoms with E-state index in [4.69, 9.17) is 0 Å². The molecule has 0 bridgehead atoms. The van der Waals surface area contributed by atoms with Crippen LogP contribution in [0.2, 0.25) is 0 Å². The lowest BCUT2D eigenvalue weighted by Gasteiger charge is -2.30. The minimum atomic E-state index is -4.59. The Morgan fingerprint density at radius 1 is 0.771 bits per heavy atom. The van der Waals surface area contributed by atoms with Gasteiger partial charge in [0.25, 0.3) is 31.6 Å². The second-order valence-corrected chi connectivity index (χ2v) is 11.7. The molecule has 1 aliphatic heterocycles. The summed E-state index contributed by atoms with van der Waals surface area (Å²) in [6.45, 7) is 3.53. The molecule has 0 aliphatic carbocycles. The quantitative estimate of drug-likeness (QED) is 0.362. The summed E-state index contributed by atoms with van der Waals surface area (Å²) in [4.78, 5) is 23.1. The SMILES string of the molecule is Cc1ccc(S(=O)(=O)N2C(=O)CC(c3ccc([N+](=O)[O-])cc3)N2S(=O)(=O)c2ccc(C)cc2)cc1. The van der Waals surface area contributed by atoms with Gasteiger partial charge in [0.05, 0.1) is 27.2 Å². The van der Waals surface area contributed by atoms with Crippen molar-refractivity contribution >= 4 is 31.6 Å². The van der Waals surface area contributed by atoms with Crippen LogP contribution in [-0.4, -0.2) is 36.5 Å². The predicted octanol–water partition coefficient (Wildman–Crippen LogP) is 3.48. The van der Waals surface area contributed by atoms with Gasteiger partial charge in [0.1, 0.15) is 0 Å². The Morgan fingerprint density at radius 3 is 1.69 bits per heavy atom. The number of hydrogen-bond acceptors (Lipinski definition) is 7. The Morgan fingerprint density at radius 2 is 1.23 bits per heavy atom. The summed E-state index contributed by atoms with van der Waals surface area (Å²) >= 11 is 0.